The zero-order valence-corrected chi connectivity index (χ0v) is 12.0. The van der Waals surface area contributed by atoms with Gasteiger partial charge in [-0.3, -0.25) is 0 Å². The molecule has 0 amide bonds. The fraction of sp³-hybridized carbons (Fsp3) is 0.312. The van der Waals surface area contributed by atoms with Gasteiger partial charge in [0.2, 0.25) is 0 Å². The molecule has 2 N–H and O–H groups in total. The van der Waals surface area contributed by atoms with E-state index in [0.29, 0.717) is 23.1 Å². The molecule has 0 bridgehead atoms. The van der Waals surface area contributed by atoms with Gasteiger partial charge in [0.25, 0.3) is 0 Å². The Balaban J connectivity index is 1.68. The molecule has 1 aromatic heterocycles. The minimum absolute atomic E-state index is 0.305. The topological polar surface area (TPSA) is 52.3 Å². The van der Waals surface area contributed by atoms with Crippen LogP contribution < -0.4 is 5.73 Å². The molecule has 1 aliphatic carbocycles. The number of benzene rings is 1. The Hall–Kier alpha value is -1.81. The van der Waals surface area contributed by atoms with Crippen LogP contribution >= 0.6 is 11.3 Å². The molecular formula is C16H17NO2S. The molecule has 0 fully saturated rings. The number of fused-ring (bicyclic) bond motifs is 1. The highest BCUT2D eigenvalue weighted by atomic mass is 32.1. The summed E-state index contributed by atoms with van der Waals surface area (Å²) in [5.74, 6) is 0.00522. The van der Waals surface area contributed by atoms with Crippen LogP contribution in [0.15, 0.2) is 35.7 Å². The van der Waals surface area contributed by atoms with E-state index in [1.807, 2.05) is 5.38 Å². The number of hydrogen-bond acceptors (Lipinski definition) is 4. The normalized spacial score (nSPS) is 17.5. The van der Waals surface area contributed by atoms with E-state index in [2.05, 4.69) is 24.3 Å². The van der Waals surface area contributed by atoms with Gasteiger partial charge in [-0.2, -0.15) is 0 Å². The van der Waals surface area contributed by atoms with Gasteiger partial charge in [0.15, 0.2) is 0 Å². The summed E-state index contributed by atoms with van der Waals surface area (Å²) in [5.41, 5.74) is 8.95. The van der Waals surface area contributed by atoms with Crippen molar-refractivity contribution in [2.24, 2.45) is 0 Å². The maximum Gasteiger partial charge on any atom is 0.350 e. The number of anilines is 1. The van der Waals surface area contributed by atoms with Crippen LogP contribution in [0.2, 0.25) is 0 Å². The van der Waals surface area contributed by atoms with Crippen molar-refractivity contribution < 1.29 is 9.53 Å². The predicted octanol–water partition coefficient (Wildman–Crippen LogP) is 3.61. The molecule has 20 heavy (non-hydrogen) atoms. The lowest BCUT2D eigenvalue weighted by Crippen LogP contribution is -2.17. The third kappa shape index (κ3) is 2.56. The van der Waals surface area contributed by atoms with Gasteiger partial charge in [-0.1, -0.05) is 24.3 Å². The molecule has 3 rings (SSSR count). The summed E-state index contributed by atoms with van der Waals surface area (Å²) in [5, 5.41) is 1.81. The molecular weight excluding hydrogens is 270 g/mol. The van der Waals surface area contributed by atoms with Crippen LogP contribution in [0.5, 0.6) is 0 Å². The van der Waals surface area contributed by atoms with E-state index in [9.17, 15) is 4.79 Å². The average Bonchev–Trinajstić information content (AvgIpc) is 2.91. The summed E-state index contributed by atoms with van der Waals surface area (Å²) >= 11 is 1.33. The number of rotatable bonds is 3. The van der Waals surface area contributed by atoms with Crippen molar-refractivity contribution in [2.45, 2.75) is 25.2 Å². The lowest BCUT2D eigenvalue weighted by atomic mass is 9.83. The van der Waals surface area contributed by atoms with E-state index in [0.717, 1.165) is 19.3 Å². The number of hydrogen-bond donors (Lipinski definition) is 1. The number of aryl methyl sites for hydroxylation is 1. The van der Waals surface area contributed by atoms with E-state index in [4.69, 9.17) is 10.5 Å². The first kappa shape index (κ1) is 13.2. The first-order valence-electron chi connectivity index (χ1n) is 6.83. The van der Waals surface area contributed by atoms with E-state index < -0.39 is 0 Å². The number of carbonyl (C=O) groups is 1. The van der Waals surface area contributed by atoms with Crippen molar-refractivity contribution in [3.8, 4) is 0 Å². The SMILES string of the molecule is Nc1ccsc1C(=O)OCC1CCCc2ccccc21. The van der Waals surface area contributed by atoms with Crippen LogP contribution in [-0.4, -0.2) is 12.6 Å². The van der Waals surface area contributed by atoms with Crippen molar-refractivity contribution in [3.63, 3.8) is 0 Å². The molecule has 1 aromatic carbocycles. The molecule has 0 saturated carbocycles. The quantitative estimate of drug-likeness (QED) is 0.877. The summed E-state index contributed by atoms with van der Waals surface area (Å²) in [6.07, 6.45) is 3.35. The second kappa shape index (κ2) is 5.67. The van der Waals surface area contributed by atoms with Crippen LogP contribution in [0.4, 0.5) is 5.69 Å². The third-order valence-corrected chi connectivity index (χ3v) is 4.70. The predicted molar refractivity (Wildman–Crippen MR) is 81.1 cm³/mol. The molecule has 1 unspecified atom stereocenters. The Kier molecular flexibility index (Phi) is 3.74. The van der Waals surface area contributed by atoms with Gasteiger partial charge in [-0.25, -0.2) is 4.79 Å². The largest absolute Gasteiger partial charge is 0.461 e. The first-order valence-corrected chi connectivity index (χ1v) is 7.71. The molecule has 1 aliphatic rings. The molecule has 3 nitrogen and oxygen atoms in total. The van der Waals surface area contributed by atoms with Crippen molar-refractivity contribution in [3.05, 3.63) is 51.7 Å². The zero-order valence-electron chi connectivity index (χ0n) is 11.2. The Bertz CT molecular complexity index is 620. The Labute approximate surface area is 122 Å². The van der Waals surface area contributed by atoms with Crippen molar-refractivity contribution in [1.82, 2.24) is 0 Å². The van der Waals surface area contributed by atoms with Gasteiger partial charge in [0, 0.05) is 5.92 Å². The van der Waals surface area contributed by atoms with Crippen LogP contribution in [0.3, 0.4) is 0 Å². The smallest absolute Gasteiger partial charge is 0.350 e. The lowest BCUT2D eigenvalue weighted by Gasteiger charge is -2.25. The highest BCUT2D eigenvalue weighted by molar-refractivity contribution is 7.12. The van der Waals surface area contributed by atoms with Gasteiger partial charge in [0.1, 0.15) is 4.88 Å². The fourth-order valence-electron chi connectivity index (χ4n) is 2.75. The van der Waals surface area contributed by atoms with Gasteiger partial charge in [0.05, 0.1) is 12.3 Å². The van der Waals surface area contributed by atoms with Crippen LogP contribution in [0, 0.1) is 0 Å². The summed E-state index contributed by atoms with van der Waals surface area (Å²) < 4.78 is 5.46. The maximum absolute atomic E-state index is 12.0. The second-order valence-corrected chi connectivity index (χ2v) is 6.01. The molecule has 4 heteroatoms. The molecule has 104 valence electrons. The molecule has 0 saturated heterocycles. The Morgan fingerprint density at radius 3 is 3.00 bits per heavy atom. The molecule has 0 spiro atoms. The van der Waals surface area contributed by atoms with Crippen LogP contribution in [0.1, 0.15) is 39.6 Å². The fourth-order valence-corrected chi connectivity index (χ4v) is 3.46. The van der Waals surface area contributed by atoms with Gasteiger partial charge in [-0.05, 0) is 41.8 Å². The highest BCUT2D eigenvalue weighted by Crippen LogP contribution is 2.32. The highest BCUT2D eigenvalue weighted by Gasteiger charge is 2.22. The van der Waals surface area contributed by atoms with E-state index in [-0.39, 0.29) is 5.97 Å². The molecule has 2 aromatic rings. The molecule has 0 aliphatic heterocycles. The standard InChI is InChI=1S/C16H17NO2S/c17-14-8-9-20-15(14)16(18)19-10-12-6-3-5-11-4-1-2-7-13(11)12/h1-2,4,7-9,12H,3,5-6,10,17H2. The number of nitrogens with two attached hydrogens (primary N) is 1. The molecule has 1 atom stereocenters. The van der Waals surface area contributed by atoms with Crippen molar-refractivity contribution in [2.75, 3.05) is 12.3 Å². The van der Waals surface area contributed by atoms with Crippen LogP contribution in [-0.2, 0) is 11.2 Å². The van der Waals surface area contributed by atoms with E-state index in [1.54, 1.807) is 6.07 Å². The minimum atomic E-state index is -0.305. The Morgan fingerprint density at radius 1 is 1.35 bits per heavy atom. The summed E-state index contributed by atoms with van der Waals surface area (Å²) in [6.45, 7) is 0.438. The number of carbonyl (C=O) groups excluding carboxylic acids is 1. The first-order chi connectivity index (χ1) is 9.75. The van der Waals surface area contributed by atoms with Crippen molar-refractivity contribution in [1.29, 1.82) is 0 Å². The van der Waals surface area contributed by atoms with Crippen molar-refractivity contribution >= 4 is 23.0 Å². The lowest BCUT2D eigenvalue weighted by molar-refractivity contribution is 0.0479. The minimum Gasteiger partial charge on any atom is -0.461 e. The monoisotopic (exact) mass is 287 g/mol. The van der Waals surface area contributed by atoms with E-state index >= 15 is 0 Å². The summed E-state index contributed by atoms with van der Waals surface area (Å²) in [7, 11) is 0. The Morgan fingerprint density at radius 2 is 2.20 bits per heavy atom. The number of ether oxygens (including phenoxy) is 1. The van der Waals surface area contributed by atoms with Gasteiger partial charge in [-0.15, -0.1) is 11.3 Å². The molecule has 0 radical (unpaired) electrons. The summed E-state index contributed by atoms with van der Waals surface area (Å²) in [6, 6.07) is 10.2. The van der Waals surface area contributed by atoms with Gasteiger partial charge >= 0.3 is 5.97 Å². The van der Waals surface area contributed by atoms with E-state index in [1.165, 1.54) is 22.5 Å². The zero-order chi connectivity index (χ0) is 13.9. The molecule has 1 heterocycles. The van der Waals surface area contributed by atoms with Crippen LogP contribution in [0.25, 0.3) is 0 Å². The number of thiophene rings is 1. The second-order valence-electron chi connectivity index (χ2n) is 5.09. The average molecular weight is 287 g/mol. The maximum atomic E-state index is 12.0. The number of esters is 1. The third-order valence-electron chi connectivity index (χ3n) is 3.79. The summed E-state index contributed by atoms with van der Waals surface area (Å²) in [4.78, 5) is 12.5. The number of nitrogen functional groups attached to an aromatic ring is 1. The van der Waals surface area contributed by atoms with Gasteiger partial charge < -0.3 is 10.5 Å².